The molecular formula is C11H15ClN4S. The molecule has 0 saturated carbocycles. The number of nitrogens with zero attached hydrogens (tertiary/aromatic N) is 4. The number of alkyl halides is 1. The second kappa shape index (κ2) is 5.60. The third-order valence-electron chi connectivity index (χ3n) is 2.60. The van der Waals surface area contributed by atoms with E-state index in [4.69, 9.17) is 11.6 Å². The molecule has 0 fully saturated rings. The maximum atomic E-state index is 6.10. The van der Waals surface area contributed by atoms with Crippen molar-refractivity contribution in [2.45, 2.75) is 38.1 Å². The molecule has 2 rings (SSSR count). The average molecular weight is 271 g/mol. The number of rotatable bonds is 5. The van der Waals surface area contributed by atoms with Crippen molar-refractivity contribution >= 4 is 22.9 Å². The molecule has 0 spiro atoms. The molecule has 0 amide bonds. The van der Waals surface area contributed by atoms with Crippen LogP contribution in [-0.4, -0.2) is 20.2 Å². The van der Waals surface area contributed by atoms with Crippen molar-refractivity contribution in [3.63, 3.8) is 0 Å². The first kappa shape index (κ1) is 12.5. The maximum absolute atomic E-state index is 6.10. The van der Waals surface area contributed by atoms with Crippen molar-refractivity contribution in [3.05, 3.63) is 28.2 Å². The Labute approximate surface area is 110 Å². The van der Waals surface area contributed by atoms with E-state index >= 15 is 0 Å². The minimum atomic E-state index is -0.177. The van der Waals surface area contributed by atoms with Crippen LogP contribution in [0.25, 0.3) is 0 Å². The maximum Gasteiger partial charge on any atom is 0.169 e. The summed E-state index contributed by atoms with van der Waals surface area (Å²) in [6.45, 7) is 4.05. The SMILES string of the molecule is CCCC(c1cccs1)n1nnnc1C(C)Cl. The fourth-order valence-electron chi connectivity index (χ4n) is 1.82. The van der Waals surface area contributed by atoms with Crippen LogP contribution in [0.3, 0.4) is 0 Å². The number of hydrogen-bond acceptors (Lipinski definition) is 4. The second-order valence-corrected chi connectivity index (χ2v) is 5.55. The van der Waals surface area contributed by atoms with Crippen LogP contribution in [0.5, 0.6) is 0 Å². The molecule has 2 atom stereocenters. The van der Waals surface area contributed by atoms with Gasteiger partial charge in [0.2, 0.25) is 0 Å². The van der Waals surface area contributed by atoms with Crippen LogP contribution in [0.4, 0.5) is 0 Å². The van der Waals surface area contributed by atoms with Crippen LogP contribution in [0.2, 0.25) is 0 Å². The first-order valence-corrected chi connectivity index (χ1v) is 7.00. The highest BCUT2D eigenvalue weighted by molar-refractivity contribution is 7.10. The Bertz CT molecular complexity index is 452. The zero-order valence-corrected chi connectivity index (χ0v) is 11.4. The molecule has 0 aliphatic heterocycles. The number of halogens is 1. The first-order valence-electron chi connectivity index (χ1n) is 5.69. The Morgan fingerprint density at radius 1 is 1.53 bits per heavy atom. The summed E-state index contributed by atoms with van der Waals surface area (Å²) < 4.78 is 1.85. The van der Waals surface area contributed by atoms with Crippen molar-refractivity contribution in [1.29, 1.82) is 0 Å². The van der Waals surface area contributed by atoms with E-state index in [1.807, 2.05) is 11.6 Å². The Kier molecular flexibility index (Phi) is 4.12. The second-order valence-electron chi connectivity index (χ2n) is 3.92. The van der Waals surface area contributed by atoms with Gasteiger partial charge in [0.25, 0.3) is 0 Å². The van der Waals surface area contributed by atoms with Crippen molar-refractivity contribution in [2.75, 3.05) is 0 Å². The van der Waals surface area contributed by atoms with Gasteiger partial charge in [-0.3, -0.25) is 0 Å². The van der Waals surface area contributed by atoms with Crippen LogP contribution in [0, 0.1) is 0 Å². The highest BCUT2D eigenvalue weighted by atomic mass is 35.5. The van der Waals surface area contributed by atoms with Gasteiger partial charge < -0.3 is 0 Å². The predicted molar refractivity (Wildman–Crippen MR) is 69.5 cm³/mol. The Balaban J connectivity index is 2.36. The topological polar surface area (TPSA) is 43.6 Å². The summed E-state index contributed by atoms with van der Waals surface area (Å²) in [5.74, 6) is 0.735. The summed E-state index contributed by atoms with van der Waals surface area (Å²) in [5, 5.41) is 13.7. The van der Waals surface area contributed by atoms with E-state index in [1.165, 1.54) is 4.88 Å². The number of thiophene rings is 1. The Morgan fingerprint density at radius 3 is 2.94 bits per heavy atom. The minimum absolute atomic E-state index is 0.177. The third-order valence-corrected chi connectivity index (χ3v) is 3.77. The van der Waals surface area contributed by atoms with Crippen LogP contribution in [-0.2, 0) is 0 Å². The molecule has 0 aliphatic rings. The molecule has 0 bridgehead atoms. The van der Waals surface area contributed by atoms with Crippen LogP contribution in [0.1, 0.15) is 48.8 Å². The molecule has 0 saturated heterocycles. The average Bonchev–Trinajstić information content (AvgIpc) is 2.96. The lowest BCUT2D eigenvalue weighted by Gasteiger charge is -2.16. The fraction of sp³-hybridized carbons (Fsp3) is 0.545. The molecule has 17 heavy (non-hydrogen) atoms. The van der Waals surface area contributed by atoms with E-state index in [1.54, 1.807) is 11.3 Å². The van der Waals surface area contributed by atoms with Gasteiger partial charge in [-0.15, -0.1) is 28.0 Å². The van der Waals surface area contributed by atoms with Gasteiger partial charge in [-0.25, -0.2) is 4.68 Å². The number of tetrazole rings is 1. The van der Waals surface area contributed by atoms with Crippen LogP contribution in [0.15, 0.2) is 17.5 Å². The molecule has 92 valence electrons. The molecule has 2 aromatic heterocycles. The summed E-state index contributed by atoms with van der Waals surface area (Å²) in [6.07, 6.45) is 2.10. The van der Waals surface area contributed by atoms with E-state index < -0.39 is 0 Å². The van der Waals surface area contributed by atoms with Crippen molar-refractivity contribution in [1.82, 2.24) is 20.2 Å². The van der Waals surface area contributed by atoms with Gasteiger partial charge >= 0.3 is 0 Å². The lowest BCUT2D eigenvalue weighted by molar-refractivity contribution is 0.461. The largest absolute Gasteiger partial charge is 0.220 e. The van der Waals surface area contributed by atoms with Crippen molar-refractivity contribution < 1.29 is 0 Å². The van der Waals surface area contributed by atoms with Crippen molar-refractivity contribution in [2.24, 2.45) is 0 Å². The molecule has 0 aromatic carbocycles. The molecular weight excluding hydrogens is 256 g/mol. The van der Waals surface area contributed by atoms with Crippen LogP contribution >= 0.6 is 22.9 Å². The summed E-state index contributed by atoms with van der Waals surface area (Å²) in [5.41, 5.74) is 0. The Hall–Kier alpha value is -0.940. The van der Waals surface area contributed by atoms with E-state index in [-0.39, 0.29) is 11.4 Å². The fourth-order valence-corrected chi connectivity index (χ4v) is 2.81. The van der Waals surface area contributed by atoms with Gasteiger partial charge in [0, 0.05) is 4.88 Å². The lowest BCUT2D eigenvalue weighted by atomic mass is 10.1. The molecule has 4 nitrogen and oxygen atoms in total. The van der Waals surface area contributed by atoms with Crippen molar-refractivity contribution in [3.8, 4) is 0 Å². The zero-order chi connectivity index (χ0) is 12.3. The summed E-state index contributed by atoms with van der Waals surface area (Å²) in [7, 11) is 0. The molecule has 0 radical (unpaired) electrons. The van der Waals surface area contributed by atoms with E-state index in [9.17, 15) is 0 Å². The molecule has 2 aromatic rings. The smallest absolute Gasteiger partial charge is 0.169 e. The van der Waals surface area contributed by atoms with Gasteiger partial charge in [0.1, 0.15) is 0 Å². The molecule has 2 heterocycles. The van der Waals surface area contributed by atoms with Gasteiger partial charge in [-0.2, -0.15) is 0 Å². The predicted octanol–water partition coefficient (Wildman–Crippen LogP) is 3.42. The van der Waals surface area contributed by atoms with E-state index in [0.29, 0.717) is 0 Å². The highest BCUT2D eigenvalue weighted by Gasteiger charge is 2.21. The molecule has 0 aliphatic carbocycles. The summed E-state index contributed by atoms with van der Waals surface area (Å²) in [6, 6.07) is 4.37. The standard InChI is InChI=1S/C11H15ClN4S/c1-3-5-9(10-6-4-7-17-10)16-11(8(2)12)13-14-15-16/h4,6-9H,3,5H2,1-2H3. The van der Waals surface area contributed by atoms with E-state index in [2.05, 4.69) is 40.0 Å². The van der Waals surface area contributed by atoms with Gasteiger partial charge in [-0.05, 0) is 35.2 Å². The highest BCUT2D eigenvalue weighted by Crippen LogP contribution is 2.29. The van der Waals surface area contributed by atoms with Gasteiger partial charge in [0.05, 0.1) is 11.4 Å². The first-order chi connectivity index (χ1) is 8.24. The number of aromatic nitrogens is 4. The van der Waals surface area contributed by atoms with Crippen LogP contribution < -0.4 is 0 Å². The van der Waals surface area contributed by atoms with Gasteiger partial charge in [0.15, 0.2) is 5.82 Å². The summed E-state index contributed by atoms with van der Waals surface area (Å²) in [4.78, 5) is 1.28. The minimum Gasteiger partial charge on any atom is -0.220 e. The molecule has 2 unspecified atom stereocenters. The molecule has 0 N–H and O–H groups in total. The Morgan fingerprint density at radius 2 is 2.35 bits per heavy atom. The zero-order valence-electron chi connectivity index (χ0n) is 9.88. The molecule has 6 heteroatoms. The lowest BCUT2D eigenvalue weighted by Crippen LogP contribution is -2.15. The number of hydrogen-bond donors (Lipinski definition) is 0. The summed E-state index contributed by atoms with van der Waals surface area (Å²) >= 11 is 7.83. The van der Waals surface area contributed by atoms with Gasteiger partial charge in [-0.1, -0.05) is 19.4 Å². The third kappa shape index (κ3) is 2.66. The quantitative estimate of drug-likeness (QED) is 0.782. The normalized spacial score (nSPS) is 14.8. The monoisotopic (exact) mass is 270 g/mol. The van der Waals surface area contributed by atoms with E-state index in [0.717, 1.165) is 18.7 Å².